The molecule has 0 aliphatic rings. The van der Waals surface area contributed by atoms with Crippen molar-refractivity contribution in [1.82, 2.24) is 0 Å². The standard InChI is InChI=1S/C6H5.Al.3ClH/c1-2-4-6-5-3-1;;;;/h1-5H;;3*1H/q;+2;;;/p-2. The molecule has 54 valence electrons. The highest BCUT2D eigenvalue weighted by atomic mass is 35.7. The number of hydrogen-bond acceptors (Lipinski definition) is 0. The van der Waals surface area contributed by atoms with E-state index in [-0.39, 0.29) is 12.4 Å². The van der Waals surface area contributed by atoms with Crippen molar-refractivity contribution >= 4 is 49.2 Å². The zero-order valence-corrected chi connectivity index (χ0v) is 8.61. The maximum atomic E-state index is 5.71. The van der Waals surface area contributed by atoms with E-state index in [1.807, 2.05) is 30.3 Å². The Morgan fingerprint density at radius 1 is 1.00 bits per heavy atom. The number of benzene rings is 1. The van der Waals surface area contributed by atoms with Gasteiger partial charge in [0.2, 0.25) is 0 Å². The van der Waals surface area contributed by atoms with Crippen LogP contribution in [0.4, 0.5) is 0 Å². The molecule has 1 rings (SSSR count). The quantitative estimate of drug-likeness (QED) is 0.625. The molecule has 0 bridgehead atoms. The Labute approximate surface area is 79.4 Å². The van der Waals surface area contributed by atoms with E-state index in [1.165, 1.54) is 0 Å². The van der Waals surface area contributed by atoms with E-state index in [4.69, 9.17) is 20.1 Å². The van der Waals surface area contributed by atoms with Crippen LogP contribution < -0.4 is 4.43 Å². The third kappa shape index (κ3) is 3.14. The average molecular weight is 211 g/mol. The van der Waals surface area contributed by atoms with Gasteiger partial charge >= 0.3 is 12.3 Å². The van der Waals surface area contributed by atoms with Gasteiger partial charge in [-0.15, -0.1) is 12.4 Å². The fraction of sp³-hybridized carbons (Fsp3) is 0. The van der Waals surface area contributed by atoms with Crippen LogP contribution in [0.5, 0.6) is 0 Å². The molecular formula is C6H6AlCl3. The summed E-state index contributed by atoms with van der Waals surface area (Å²) in [6, 6.07) is 9.75. The number of rotatable bonds is 1. The molecule has 0 radical (unpaired) electrons. The van der Waals surface area contributed by atoms with Crippen molar-refractivity contribution in [3.8, 4) is 0 Å². The van der Waals surface area contributed by atoms with Crippen LogP contribution in [-0.4, -0.2) is 12.3 Å². The molecule has 0 fully saturated rings. The van der Waals surface area contributed by atoms with Crippen molar-refractivity contribution in [3.63, 3.8) is 0 Å². The molecule has 1 aromatic carbocycles. The first kappa shape index (κ1) is 10.6. The molecule has 0 atom stereocenters. The molecule has 0 heterocycles. The van der Waals surface area contributed by atoms with E-state index in [2.05, 4.69) is 0 Å². The third-order valence-corrected chi connectivity index (χ3v) is 3.45. The molecule has 0 unspecified atom stereocenters. The van der Waals surface area contributed by atoms with Gasteiger partial charge in [0.15, 0.2) is 0 Å². The van der Waals surface area contributed by atoms with Gasteiger partial charge in [-0.2, -0.15) is 0 Å². The van der Waals surface area contributed by atoms with Gasteiger partial charge in [0.1, 0.15) is 0 Å². The summed E-state index contributed by atoms with van der Waals surface area (Å²) in [7, 11) is 11.4. The molecule has 0 saturated carbocycles. The van der Waals surface area contributed by atoms with Crippen LogP contribution >= 0.6 is 32.5 Å². The monoisotopic (exact) mass is 210 g/mol. The Bertz CT molecular complexity index is 176. The first-order valence-corrected chi connectivity index (χ1v) is 6.70. The highest BCUT2D eigenvalue weighted by Gasteiger charge is 2.11. The summed E-state index contributed by atoms with van der Waals surface area (Å²) in [4.78, 5) is 0. The zero-order chi connectivity index (χ0) is 6.69. The second kappa shape index (κ2) is 5.30. The molecular weight excluding hydrogens is 205 g/mol. The summed E-state index contributed by atoms with van der Waals surface area (Å²) in [5, 5.41) is 0. The van der Waals surface area contributed by atoms with Crippen LogP contribution in [0.1, 0.15) is 0 Å². The Morgan fingerprint density at radius 3 is 1.80 bits per heavy atom. The predicted octanol–water partition coefficient (Wildman–Crippen LogP) is 2.28. The molecule has 10 heavy (non-hydrogen) atoms. The Kier molecular flexibility index (Phi) is 5.63. The van der Waals surface area contributed by atoms with Gasteiger partial charge in [0.25, 0.3) is 0 Å². The largest absolute Gasteiger partial charge is 0.555 e. The van der Waals surface area contributed by atoms with Crippen molar-refractivity contribution in [1.29, 1.82) is 0 Å². The summed E-state index contributed by atoms with van der Waals surface area (Å²) < 4.78 is 1.08. The van der Waals surface area contributed by atoms with Crippen LogP contribution in [0.15, 0.2) is 30.3 Å². The summed E-state index contributed by atoms with van der Waals surface area (Å²) in [6.07, 6.45) is 0. The van der Waals surface area contributed by atoms with Crippen molar-refractivity contribution in [2.24, 2.45) is 0 Å². The lowest BCUT2D eigenvalue weighted by Gasteiger charge is -1.91. The fourth-order valence-electron chi connectivity index (χ4n) is 0.599. The minimum Gasteiger partial charge on any atom is -0.226 e. The summed E-state index contributed by atoms with van der Waals surface area (Å²) >= 11 is -1.58. The van der Waals surface area contributed by atoms with E-state index in [0.29, 0.717) is 0 Å². The Balaban J connectivity index is 0.000000810. The maximum Gasteiger partial charge on any atom is 0.555 e. The second-order valence-electron chi connectivity index (χ2n) is 1.71. The molecule has 4 heteroatoms. The van der Waals surface area contributed by atoms with E-state index in [9.17, 15) is 0 Å². The lowest BCUT2D eigenvalue weighted by Crippen LogP contribution is -2.16. The average Bonchev–Trinajstić information content (AvgIpc) is 1.90. The second-order valence-corrected chi connectivity index (χ2v) is 6.27. The van der Waals surface area contributed by atoms with Crippen LogP contribution in [0.2, 0.25) is 0 Å². The highest BCUT2D eigenvalue weighted by molar-refractivity contribution is 7.39. The van der Waals surface area contributed by atoms with E-state index in [0.717, 1.165) is 4.43 Å². The molecule has 0 aliphatic heterocycles. The first-order chi connectivity index (χ1) is 4.30. The van der Waals surface area contributed by atoms with Gasteiger partial charge in [0.05, 0.1) is 0 Å². The molecule has 0 N–H and O–H groups in total. The third-order valence-electron chi connectivity index (χ3n) is 1.05. The van der Waals surface area contributed by atoms with Crippen LogP contribution in [0.3, 0.4) is 0 Å². The van der Waals surface area contributed by atoms with Crippen molar-refractivity contribution in [3.05, 3.63) is 30.3 Å². The molecule has 0 spiro atoms. The first-order valence-electron chi connectivity index (χ1n) is 2.64. The Hall–Kier alpha value is 0.622. The fourth-order valence-corrected chi connectivity index (χ4v) is 1.98. The minimum absolute atomic E-state index is 0. The lowest BCUT2D eigenvalue weighted by molar-refractivity contribution is 1.77. The molecule has 0 aromatic heterocycles. The van der Waals surface area contributed by atoms with Crippen LogP contribution in [0, 0.1) is 0 Å². The van der Waals surface area contributed by atoms with Crippen LogP contribution in [-0.2, 0) is 0 Å². The van der Waals surface area contributed by atoms with Gasteiger partial charge in [0, 0.05) is 0 Å². The van der Waals surface area contributed by atoms with Crippen LogP contribution in [0.25, 0.3) is 0 Å². The van der Waals surface area contributed by atoms with Crippen molar-refractivity contribution in [2.45, 2.75) is 0 Å². The normalized spacial score (nSPS) is 8.20. The lowest BCUT2D eigenvalue weighted by atomic mass is 10.4. The molecule has 0 aliphatic carbocycles. The molecule has 1 aromatic rings. The van der Waals surface area contributed by atoms with E-state index < -0.39 is 12.3 Å². The van der Waals surface area contributed by atoms with E-state index in [1.54, 1.807) is 0 Å². The summed E-state index contributed by atoms with van der Waals surface area (Å²) in [5.41, 5.74) is 0. The van der Waals surface area contributed by atoms with Gasteiger partial charge in [-0.1, -0.05) is 34.8 Å². The van der Waals surface area contributed by atoms with Gasteiger partial charge < -0.3 is 0 Å². The highest BCUT2D eigenvalue weighted by Crippen LogP contribution is 1.96. The smallest absolute Gasteiger partial charge is 0.226 e. The predicted molar refractivity (Wildman–Crippen MR) is 50.8 cm³/mol. The van der Waals surface area contributed by atoms with Gasteiger partial charge in [-0.3, -0.25) is 0 Å². The maximum absolute atomic E-state index is 5.71. The minimum atomic E-state index is -1.58. The number of hydrogen-bond donors (Lipinski definition) is 0. The molecule has 0 saturated heterocycles. The van der Waals surface area contributed by atoms with Gasteiger partial charge in [-0.25, -0.2) is 20.1 Å². The van der Waals surface area contributed by atoms with Gasteiger partial charge in [-0.05, 0) is 0 Å². The zero-order valence-electron chi connectivity index (χ0n) is 5.13. The SMILES string of the molecule is Cl.[Cl][Al]([Cl])[c]1ccccc1. The van der Waals surface area contributed by atoms with Crippen molar-refractivity contribution < 1.29 is 0 Å². The molecule has 0 nitrogen and oxygen atoms in total. The summed E-state index contributed by atoms with van der Waals surface area (Å²) in [6.45, 7) is 0. The Morgan fingerprint density at radius 2 is 1.50 bits per heavy atom. The van der Waals surface area contributed by atoms with E-state index >= 15 is 0 Å². The number of halogens is 3. The summed E-state index contributed by atoms with van der Waals surface area (Å²) in [5.74, 6) is 0. The molecule has 0 amide bonds. The topological polar surface area (TPSA) is 0 Å². The van der Waals surface area contributed by atoms with Crippen molar-refractivity contribution in [2.75, 3.05) is 0 Å².